The zero-order valence-corrected chi connectivity index (χ0v) is 18.9. The number of thioether (sulfide) groups is 1. The van der Waals surface area contributed by atoms with E-state index in [0.29, 0.717) is 30.9 Å². The van der Waals surface area contributed by atoms with Crippen molar-refractivity contribution in [3.05, 3.63) is 34.8 Å². The number of alkyl halides is 3. The van der Waals surface area contributed by atoms with Crippen LogP contribution in [0.25, 0.3) is 0 Å². The normalized spacial score (nSPS) is 26.5. The third-order valence-electron chi connectivity index (χ3n) is 5.55. The maximum absolute atomic E-state index is 13.2. The zero-order valence-electron chi connectivity index (χ0n) is 18.1. The highest BCUT2D eigenvalue weighted by molar-refractivity contribution is 8.03. The van der Waals surface area contributed by atoms with Gasteiger partial charge in [-0.1, -0.05) is 0 Å². The second-order valence-corrected chi connectivity index (χ2v) is 8.92. The van der Waals surface area contributed by atoms with Gasteiger partial charge in [0.05, 0.1) is 5.37 Å². The average Bonchev–Trinajstić information content (AvgIpc) is 3.28. The van der Waals surface area contributed by atoms with Crippen molar-refractivity contribution in [2.75, 3.05) is 26.8 Å². The van der Waals surface area contributed by atoms with E-state index in [1.807, 2.05) is 0 Å². The summed E-state index contributed by atoms with van der Waals surface area (Å²) in [5.41, 5.74) is 9.29. The highest BCUT2D eigenvalue weighted by Gasteiger charge is 2.44. The van der Waals surface area contributed by atoms with E-state index in [1.165, 1.54) is 7.11 Å². The number of urea groups is 1. The highest BCUT2D eigenvalue weighted by atomic mass is 32.2. The molecule has 34 heavy (non-hydrogen) atoms. The fraction of sp³-hybridized carbons (Fsp3) is 0.526. The Labute approximate surface area is 197 Å². The lowest BCUT2D eigenvalue weighted by Gasteiger charge is -2.40. The van der Waals surface area contributed by atoms with E-state index in [9.17, 15) is 27.6 Å². The summed E-state index contributed by atoms with van der Waals surface area (Å²) in [6.45, 7) is 0.603. The molecular weight excluding hydrogens is 479 g/mol. The summed E-state index contributed by atoms with van der Waals surface area (Å²) in [6.07, 6.45) is -0.984. The Hall–Kier alpha value is -3.07. The number of ether oxygens (including phenoxy) is 1. The molecular formula is C19H26F3N7O4S. The Kier molecular flexibility index (Phi) is 8.19. The van der Waals surface area contributed by atoms with E-state index in [1.54, 1.807) is 12.3 Å². The van der Waals surface area contributed by atoms with Crippen LogP contribution in [0.15, 0.2) is 34.8 Å². The van der Waals surface area contributed by atoms with Gasteiger partial charge in [0.1, 0.15) is 18.1 Å². The van der Waals surface area contributed by atoms with Gasteiger partial charge in [-0.3, -0.25) is 25.8 Å². The molecule has 3 heterocycles. The van der Waals surface area contributed by atoms with Crippen LogP contribution in [0, 0.1) is 17.8 Å². The first-order valence-corrected chi connectivity index (χ1v) is 11.2. The van der Waals surface area contributed by atoms with Gasteiger partial charge in [-0.15, -0.1) is 11.8 Å². The minimum Gasteiger partial charge on any atom is -0.390 e. The van der Waals surface area contributed by atoms with Crippen LogP contribution in [-0.4, -0.2) is 56.2 Å². The molecule has 3 aliphatic heterocycles. The van der Waals surface area contributed by atoms with E-state index < -0.39 is 41.0 Å². The van der Waals surface area contributed by atoms with E-state index in [4.69, 9.17) is 5.73 Å². The standard InChI is InChI=1S/C19H26F3N7O4S/c1-33-7-15(30)28-29-16(31)10-2-9(4-24-5-10)12-6-25-14(27-18(23)32)3-11(12)17-26-13(8-34-17)19(20,21)22/h3,5,8-9,11-12,17,24-26H,2,4,6-7H2,1H3,(H,28,30)(H,29,31)(H3,23,27,32). The van der Waals surface area contributed by atoms with Crippen LogP contribution < -0.4 is 37.9 Å². The number of rotatable bonds is 6. The van der Waals surface area contributed by atoms with Crippen molar-refractivity contribution >= 4 is 29.6 Å². The molecule has 0 bridgehead atoms. The van der Waals surface area contributed by atoms with Gasteiger partial charge in [-0.05, 0) is 24.3 Å². The minimum atomic E-state index is -4.50. The average molecular weight is 506 g/mol. The van der Waals surface area contributed by atoms with Crippen LogP contribution >= 0.6 is 11.8 Å². The van der Waals surface area contributed by atoms with Crippen LogP contribution in [-0.2, 0) is 14.3 Å². The van der Waals surface area contributed by atoms with Gasteiger partial charge < -0.3 is 26.4 Å². The molecule has 4 atom stereocenters. The number of methoxy groups -OCH3 is 1. The number of allylic oxidation sites excluding steroid dienone is 1. The minimum absolute atomic E-state index is 0.137. The van der Waals surface area contributed by atoms with Gasteiger partial charge in [0.25, 0.3) is 11.8 Å². The number of primary amides is 1. The van der Waals surface area contributed by atoms with Gasteiger partial charge in [-0.25, -0.2) is 4.79 Å². The molecule has 0 spiro atoms. The molecule has 4 amide bonds. The maximum Gasteiger partial charge on any atom is 0.431 e. The SMILES string of the molecule is COCC(=O)NNC(=O)C1=CNCC(C2CNC(NC(N)=O)=CC2C2NC(C(F)(F)F)=CS2)C1. The number of nitrogens with one attached hydrogen (secondary N) is 6. The molecule has 0 aromatic carbocycles. The second-order valence-electron chi connectivity index (χ2n) is 7.90. The summed E-state index contributed by atoms with van der Waals surface area (Å²) >= 11 is 1.01. The van der Waals surface area contributed by atoms with Gasteiger partial charge in [0, 0.05) is 43.3 Å². The molecule has 11 nitrogen and oxygen atoms in total. The quantitative estimate of drug-likeness (QED) is 0.242. The van der Waals surface area contributed by atoms with E-state index in [0.717, 1.165) is 17.2 Å². The molecule has 0 aromatic rings. The number of nitrogens with two attached hydrogens (primary N) is 1. The van der Waals surface area contributed by atoms with Crippen molar-refractivity contribution in [3.63, 3.8) is 0 Å². The van der Waals surface area contributed by atoms with E-state index in [-0.39, 0.29) is 18.4 Å². The van der Waals surface area contributed by atoms with Crippen molar-refractivity contribution in [2.45, 2.75) is 18.0 Å². The van der Waals surface area contributed by atoms with Crippen LogP contribution in [0.1, 0.15) is 6.42 Å². The molecule has 4 unspecified atom stereocenters. The fourth-order valence-corrected chi connectivity index (χ4v) is 5.17. The van der Waals surface area contributed by atoms with Crippen molar-refractivity contribution in [3.8, 4) is 0 Å². The molecule has 8 N–H and O–H groups in total. The van der Waals surface area contributed by atoms with Crippen molar-refractivity contribution in [1.82, 2.24) is 32.1 Å². The monoisotopic (exact) mass is 505 g/mol. The Balaban J connectivity index is 1.71. The van der Waals surface area contributed by atoms with Crippen LogP contribution in [0.3, 0.4) is 0 Å². The van der Waals surface area contributed by atoms with Crippen LogP contribution in [0.5, 0.6) is 0 Å². The first-order valence-electron chi connectivity index (χ1n) is 10.3. The predicted octanol–water partition coefficient (Wildman–Crippen LogP) is -0.315. The van der Waals surface area contributed by atoms with Crippen molar-refractivity contribution < 1.29 is 32.3 Å². The number of amides is 4. The molecule has 188 valence electrons. The summed E-state index contributed by atoms with van der Waals surface area (Å²) in [7, 11) is 1.34. The van der Waals surface area contributed by atoms with Crippen molar-refractivity contribution in [2.24, 2.45) is 23.5 Å². The van der Waals surface area contributed by atoms with Gasteiger partial charge in [0.15, 0.2) is 0 Å². The molecule has 0 aliphatic carbocycles. The second kappa shape index (κ2) is 10.9. The highest BCUT2D eigenvalue weighted by Crippen LogP contribution is 2.41. The lowest BCUT2D eigenvalue weighted by atomic mass is 9.75. The first-order chi connectivity index (χ1) is 16.1. The summed E-state index contributed by atoms with van der Waals surface area (Å²) in [5, 5.41) is 11.5. The number of carbonyl (C=O) groups is 3. The summed E-state index contributed by atoms with van der Waals surface area (Å²) in [5.74, 6) is -1.49. The Morgan fingerprint density at radius 1 is 1.26 bits per heavy atom. The molecule has 0 aromatic heterocycles. The molecule has 0 saturated carbocycles. The number of halogens is 3. The predicted molar refractivity (Wildman–Crippen MR) is 117 cm³/mol. The Morgan fingerprint density at radius 2 is 2.03 bits per heavy atom. The first kappa shape index (κ1) is 25.6. The van der Waals surface area contributed by atoms with Gasteiger partial charge in [-0.2, -0.15) is 13.2 Å². The summed E-state index contributed by atoms with van der Waals surface area (Å²) < 4.78 is 44.2. The molecule has 0 radical (unpaired) electrons. The Bertz CT molecular complexity index is 909. The summed E-state index contributed by atoms with van der Waals surface area (Å²) in [6, 6.07) is -0.797. The third-order valence-corrected chi connectivity index (χ3v) is 6.65. The largest absolute Gasteiger partial charge is 0.431 e. The van der Waals surface area contributed by atoms with Gasteiger partial charge >= 0.3 is 12.2 Å². The fourth-order valence-electron chi connectivity index (χ4n) is 4.03. The number of hydrogen-bond acceptors (Lipinski definition) is 8. The topological polar surface area (TPSA) is 159 Å². The number of hydrogen-bond donors (Lipinski definition) is 7. The van der Waals surface area contributed by atoms with E-state index >= 15 is 0 Å². The molecule has 3 rings (SSSR count). The molecule has 0 saturated heterocycles. The molecule has 0 fully saturated rings. The van der Waals surface area contributed by atoms with Crippen LogP contribution in [0.4, 0.5) is 18.0 Å². The number of carbonyl (C=O) groups excluding carboxylic acids is 3. The Morgan fingerprint density at radius 3 is 2.68 bits per heavy atom. The maximum atomic E-state index is 13.2. The van der Waals surface area contributed by atoms with Crippen LogP contribution in [0.2, 0.25) is 0 Å². The lowest BCUT2D eigenvalue weighted by Crippen LogP contribution is -2.51. The van der Waals surface area contributed by atoms with Gasteiger partial charge in [0.2, 0.25) is 0 Å². The molecule has 3 aliphatic rings. The smallest absolute Gasteiger partial charge is 0.390 e. The summed E-state index contributed by atoms with van der Waals surface area (Å²) in [4.78, 5) is 35.3. The number of hydrazine groups is 1. The molecule has 15 heteroatoms. The third kappa shape index (κ3) is 6.50. The van der Waals surface area contributed by atoms with E-state index in [2.05, 4.69) is 36.9 Å². The lowest BCUT2D eigenvalue weighted by molar-refractivity contribution is -0.129. The zero-order chi connectivity index (χ0) is 24.9. The van der Waals surface area contributed by atoms with Crippen molar-refractivity contribution in [1.29, 1.82) is 0 Å².